The highest BCUT2D eigenvalue weighted by molar-refractivity contribution is 5.95. The summed E-state index contributed by atoms with van der Waals surface area (Å²) in [5.41, 5.74) is 7.03. The molecule has 0 aliphatic carbocycles. The highest BCUT2D eigenvalue weighted by atomic mass is 16.4. The number of hydrogen-bond donors (Lipinski definition) is 2. The Morgan fingerprint density at radius 1 is 1.35 bits per heavy atom. The highest BCUT2D eigenvalue weighted by Crippen LogP contribution is 2.14. The van der Waals surface area contributed by atoms with Gasteiger partial charge in [0.05, 0.1) is 11.9 Å². The highest BCUT2D eigenvalue weighted by Gasteiger charge is 2.14. The minimum atomic E-state index is 0.0370. The molecule has 1 aliphatic heterocycles. The number of amidine groups is 1. The standard InChI is InChI=1S/C11H17N5O/c1-15-4-6-16(7-5-15)9-2-3-10(13-8-9)11(12)14-17/h2-3,8,17H,4-7H2,1H3,(H2,12,14). The summed E-state index contributed by atoms with van der Waals surface area (Å²) in [7, 11) is 2.12. The molecule has 0 radical (unpaired) electrons. The zero-order chi connectivity index (χ0) is 12.3. The first-order valence-corrected chi connectivity index (χ1v) is 5.58. The summed E-state index contributed by atoms with van der Waals surface area (Å²) in [5, 5.41) is 11.5. The van der Waals surface area contributed by atoms with E-state index in [1.807, 2.05) is 6.07 Å². The summed E-state index contributed by atoms with van der Waals surface area (Å²) in [6.07, 6.45) is 1.76. The number of oxime groups is 1. The molecule has 0 atom stereocenters. The van der Waals surface area contributed by atoms with Crippen molar-refractivity contribution in [2.24, 2.45) is 10.9 Å². The average molecular weight is 235 g/mol. The van der Waals surface area contributed by atoms with Gasteiger partial charge in [-0.1, -0.05) is 5.16 Å². The number of likely N-dealkylation sites (N-methyl/N-ethyl adjacent to an activating group) is 1. The third kappa shape index (κ3) is 2.65. The number of pyridine rings is 1. The third-order valence-corrected chi connectivity index (χ3v) is 2.99. The Morgan fingerprint density at radius 3 is 2.59 bits per heavy atom. The van der Waals surface area contributed by atoms with Gasteiger partial charge in [-0.3, -0.25) is 4.98 Å². The molecule has 1 aromatic heterocycles. The second-order valence-electron chi connectivity index (χ2n) is 4.18. The molecular weight excluding hydrogens is 218 g/mol. The van der Waals surface area contributed by atoms with Gasteiger partial charge in [0.2, 0.25) is 0 Å². The second-order valence-corrected chi connectivity index (χ2v) is 4.18. The Kier molecular flexibility index (Phi) is 3.43. The largest absolute Gasteiger partial charge is 0.409 e. The number of nitrogens with zero attached hydrogens (tertiary/aromatic N) is 4. The van der Waals surface area contributed by atoms with Crippen molar-refractivity contribution >= 4 is 11.5 Å². The van der Waals surface area contributed by atoms with E-state index in [1.165, 1.54) is 0 Å². The van der Waals surface area contributed by atoms with E-state index in [0.717, 1.165) is 31.9 Å². The molecule has 1 saturated heterocycles. The van der Waals surface area contributed by atoms with Gasteiger partial charge in [-0.2, -0.15) is 0 Å². The Balaban J connectivity index is 2.08. The van der Waals surface area contributed by atoms with Crippen LogP contribution in [0.3, 0.4) is 0 Å². The van der Waals surface area contributed by atoms with E-state index in [4.69, 9.17) is 10.9 Å². The van der Waals surface area contributed by atoms with Crippen LogP contribution in [-0.4, -0.2) is 54.2 Å². The summed E-state index contributed by atoms with van der Waals surface area (Å²) >= 11 is 0. The summed E-state index contributed by atoms with van der Waals surface area (Å²) in [4.78, 5) is 8.75. The van der Waals surface area contributed by atoms with E-state index in [1.54, 1.807) is 12.3 Å². The smallest absolute Gasteiger partial charge is 0.188 e. The van der Waals surface area contributed by atoms with Crippen molar-refractivity contribution in [1.82, 2.24) is 9.88 Å². The fourth-order valence-electron chi connectivity index (χ4n) is 1.84. The lowest BCUT2D eigenvalue weighted by Crippen LogP contribution is -2.44. The molecule has 0 amide bonds. The Labute approximate surface area is 100 Å². The van der Waals surface area contributed by atoms with Gasteiger partial charge < -0.3 is 20.7 Å². The molecule has 0 bridgehead atoms. The monoisotopic (exact) mass is 235 g/mol. The van der Waals surface area contributed by atoms with Gasteiger partial charge in [0.25, 0.3) is 0 Å². The first-order chi connectivity index (χ1) is 8.20. The normalized spacial score (nSPS) is 18.4. The number of piperazine rings is 1. The summed E-state index contributed by atoms with van der Waals surface area (Å²) < 4.78 is 0. The number of aromatic nitrogens is 1. The predicted molar refractivity (Wildman–Crippen MR) is 66.5 cm³/mol. The van der Waals surface area contributed by atoms with Crippen molar-refractivity contribution in [3.63, 3.8) is 0 Å². The van der Waals surface area contributed by atoms with Gasteiger partial charge in [-0.15, -0.1) is 0 Å². The number of rotatable bonds is 2. The summed E-state index contributed by atoms with van der Waals surface area (Å²) in [5.74, 6) is 0.0370. The van der Waals surface area contributed by atoms with Gasteiger partial charge in [-0.25, -0.2) is 0 Å². The molecular formula is C11H17N5O. The Bertz CT molecular complexity index is 395. The van der Waals surface area contributed by atoms with Crippen LogP contribution in [0.2, 0.25) is 0 Å². The van der Waals surface area contributed by atoms with Crippen molar-refractivity contribution < 1.29 is 5.21 Å². The first kappa shape index (κ1) is 11.7. The van der Waals surface area contributed by atoms with Crippen LogP contribution in [0.4, 0.5) is 5.69 Å². The van der Waals surface area contributed by atoms with E-state index in [2.05, 4.69) is 27.0 Å². The maximum atomic E-state index is 8.54. The van der Waals surface area contributed by atoms with E-state index in [9.17, 15) is 0 Å². The van der Waals surface area contributed by atoms with E-state index in [-0.39, 0.29) is 5.84 Å². The van der Waals surface area contributed by atoms with Crippen LogP contribution in [-0.2, 0) is 0 Å². The van der Waals surface area contributed by atoms with Crippen molar-refractivity contribution in [3.8, 4) is 0 Å². The number of nitrogens with two attached hydrogens (primary N) is 1. The molecule has 6 heteroatoms. The fraction of sp³-hybridized carbons (Fsp3) is 0.455. The number of hydrogen-bond acceptors (Lipinski definition) is 5. The molecule has 0 unspecified atom stereocenters. The number of anilines is 1. The second kappa shape index (κ2) is 5.01. The minimum Gasteiger partial charge on any atom is -0.409 e. The summed E-state index contributed by atoms with van der Waals surface area (Å²) in [6.45, 7) is 4.12. The van der Waals surface area contributed by atoms with E-state index in [0.29, 0.717) is 5.69 Å². The quantitative estimate of drug-likeness (QED) is 0.325. The van der Waals surface area contributed by atoms with Gasteiger partial charge in [0, 0.05) is 26.2 Å². The van der Waals surface area contributed by atoms with Crippen LogP contribution in [0.15, 0.2) is 23.5 Å². The van der Waals surface area contributed by atoms with Crippen molar-refractivity contribution in [3.05, 3.63) is 24.0 Å². The molecule has 0 saturated carbocycles. The minimum absolute atomic E-state index is 0.0370. The predicted octanol–water partition coefficient (Wildman–Crippen LogP) is -0.0721. The Morgan fingerprint density at radius 2 is 2.06 bits per heavy atom. The lowest BCUT2D eigenvalue weighted by molar-refractivity contribution is 0.313. The van der Waals surface area contributed by atoms with Crippen molar-refractivity contribution in [2.45, 2.75) is 0 Å². The molecule has 6 nitrogen and oxygen atoms in total. The molecule has 0 spiro atoms. The van der Waals surface area contributed by atoms with Gasteiger partial charge in [0.1, 0.15) is 5.69 Å². The zero-order valence-corrected chi connectivity index (χ0v) is 9.87. The molecule has 2 heterocycles. The molecule has 17 heavy (non-hydrogen) atoms. The summed E-state index contributed by atoms with van der Waals surface area (Å²) in [6, 6.07) is 3.72. The van der Waals surface area contributed by atoms with Crippen LogP contribution in [0.1, 0.15) is 5.69 Å². The van der Waals surface area contributed by atoms with E-state index < -0.39 is 0 Å². The molecule has 92 valence electrons. The molecule has 1 aliphatic rings. The SMILES string of the molecule is CN1CCN(c2ccc(/C(N)=N/O)nc2)CC1. The maximum Gasteiger partial charge on any atom is 0.188 e. The topological polar surface area (TPSA) is 78.0 Å². The third-order valence-electron chi connectivity index (χ3n) is 2.99. The zero-order valence-electron chi connectivity index (χ0n) is 9.87. The van der Waals surface area contributed by atoms with Crippen LogP contribution < -0.4 is 10.6 Å². The lowest BCUT2D eigenvalue weighted by Gasteiger charge is -2.33. The van der Waals surface area contributed by atoms with Gasteiger partial charge >= 0.3 is 0 Å². The van der Waals surface area contributed by atoms with Crippen molar-refractivity contribution in [1.29, 1.82) is 0 Å². The van der Waals surface area contributed by atoms with Crippen LogP contribution in [0.25, 0.3) is 0 Å². The Hall–Kier alpha value is -1.82. The van der Waals surface area contributed by atoms with E-state index >= 15 is 0 Å². The lowest BCUT2D eigenvalue weighted by atomic mass is 10.2. The maximum absolute atomic E-state index is 8.54. The molecule has 1 aromatic rings. The fourth-order valence-corrected chi connectivity index (χ4v) is 1.84. The molecule has 0 aromatic carbocycles. The van der Waals surface area contributed by atoms with Crippen LogP contribution in [0.5, 0.6) is 0 Å². The average Bonchev–Trinajstić information content (AvgIpc) is 2.39. The molecule has 1 fully saturated rings. The molecule has 2 rings (SSSR count). The van der Waals surface area contributed by atoms with Crippen molar-refractivity contribution in [2.75, 3.05) is 38.1 Å². The molecule has 3 N–H and O–H groups in total. The first-order valence-electron chi connectivity index (χ1n) is 5.58. The van der Waals surface area contributed by atoms with Crippen LogP contribution in [0, 0.1) is 0 Å². The van der Waals surface area contributed by atoms with Gasteiger partial charge in [0.15, 0.2) is 5.84 Å². The van der Waals surface area contributed by atoms with Gasteiger partial charge in [-0.05, 0) is 19.2 Å². The van der Waals surface area contributed by atoms with Crippen LogP contribution >= 0.6 is 0 Å².